The van der Waals surface area contributed by atoms with Crippen LogP contribution in [-0.2, 0) is 9.59 Å². The van der Waals surface area contributed by atoms with Crippen molar-refractivity contribution in [2.24, 2.45) is 5.73 Å². The molecule has 2 N–H and O–H groups in total. The maximum atomic E-state index is 11.4. The molecule has 80 valence electrons. The lowest BCUT2D eigenvalue weighted by Gasteiger charge is -2.30. The van der Waals surface area contributed by atoms with E-state index in [-0.39, 0.29) is 11.8 Å². The van der Waals surface area contributed by atoms with Crippen molar-refractivity contribution in [3.8, 4) is 0 Å². The average Bonchev–Trinajstić information content (AvgIpc) is 2.14. The Kier molecular flexibility index (Phi) is 4.07. The van der Waals surface area contributed by atoms with E-state index in [1.807, 2.05) is 0 Å². The second kappa shape index (κ2) is 5.10. The minimum absolute atomic E-state index is 0.107. The van der Waals surface area contributed by atoms with Gasteiger partial charge in [0.1, 0.15) is 0 Å². The van der Waals surface area contributed by atoms with Gasteiger partial charge in [0.2, 0.25) is 11.8 Å². The van der Waals surface area contributed by atoms with Gasteiger partial charge in [0.25, 0.3) is 0 Å². The molecule has 0 radical (unpaired) electrons. The Balaban J connectivity index is 2.53. The zero-order valence-corrected chi connectivity index (χ0v) is 8.66. The number of piperidine rings is 1. The molecule has 4 nitrogen and oxygen atoms in total. The number of carbonyl (C=O) groups excluding carboxylic acids is 2. The Morgan fingerprint density at radius 1 is 1.36 bits per heavy atom. The van der Waals surface area contributed by atoms with Crippen LogP contribution in [0.1, 0.15) is 45.4 Å². The summed E-state index contributed by atoms with van der Waals surface area (Å²) >= 11 is 0. The molecule has 0 aliphatic carbocycles. The summed E-state index contributed by atoms with van der Waals surface area (Å²) in [4.78, 5) is 24.1. The number of nitrogens with two attached hydrogens (primary N) is 1. The van der Waals surface area contributed by atoms with Crippen molar-refractivity contribution in [1.82, 2.24) is 4.90 Å². The first kappa shape index (κ1) is 11.2. The zero-order valence-electron chi connectivity index (χ0n) is 8.66. The van der Waals surface area contributed by atoms with E-state index in [0.29, 0.717) is 25.7 Å². The molecule has 0 aromatic carbocycles. The van der Waals surface area contributed by atoms with Gasteiger partial charge < -0.3 is 5.73 Å². The third kappa shape index (κ3) is 2.54. The summed E-state index contributed by atoms with van der Waals surface area (Å²) in [6, 6.07) is 0. The molecule has 0 bridgehead atoms. The number of likely N-dealkylation sites (tertiary alicyclic amines) is 1. The molecule has 0 aromatic heterocycles. The van der Waals surface area contributed by atoms with Crippen LogP contribution in [0.4, 0.5) is 0 Å². The molecule has 1 aliphatic heterocycles. The van der Waals surface area contributed by atoms with Crippen LogP contribution < -0.4 is 5.73 Å². The quantitative estimate of drug-likeness (QED) is 0.685. The van der Waals surface area contributed by atoms with E-state index >= 15 is 0 Å². The van der Waals surface area contributed by atoms with Crippen molar-refractivity contribution in [3.63, 3.8) is 0 Å². The summed E-state index contributed by atoms with van der Waals surface area (Å²) in [5, 5.41) is 0. The molecule has 0 spiro atoms. The highest BCUT2D eigenvalue weighted by atomic mass is 16.2. The van der Waals surface area contributed by atoms with Gasteiger partial charge in [-0.2, -0.15) is 0 Å². The topological polar surface area (TPSA) is 63.4 Å². The number of imide groups is 1. The average molecular weight is 198 g/mol. The van der Waals surface area contributed by atoms with Crippen LogP contribution in [0.2, 0.25) is 0 Å². The van der Waals surface area contributed by atoms with Gasteiger partial charge in [-0.05, 0) is 12.8 Å². The molecular weight excluding hydrogens is 180 g/mol. The van der Waals surface area contributed by atoms with Crippen LogP contribution in [0.3, 0.4) is 0 Å². The van der Waals surface area contributed by atoms with E-state index < -0.39 is 6.17 Å². The zero-order chi connectivity index (χ0) is 10.6. The standard InChI is InChI=1S/C10H18N2O2/c1-2-3-5-8(11)12-9(13)6-4-7-10(12)14/h8H,2-7,11H2,1H3. The van der Waals surface area contributed by atoms with E-state index in [2.05, 4.69) is 6.92 Å². The predicted molar refractivity (Wildman–Crippen MR) is 53.2 cm³/mol. The lowest BCUT2D eigenvalue weighted by atomic mass is 10.1. The molecule has 1 aliphatic rings. The van der Waals surface area contributed by atoms with E-state index in [0.717, 1.165) is 12.8 Å². The minimum atomic E-state index is -0.407. The number of amides is 2. The third-order valence-corrected chi connectivity index (χ3v) is 2.50. The fourth-order valence-electron chi connectivity index (χ4n) is 1.68. The van der Waals surface area contributed by atoms with Crippen LogP contribution in [0, 0.1) is 0 Å². The van der Waals surface area contributed by atoms with Crippen molar-refractivity contribution >= 4 is 11.8 Å². The van der Waals surface area contributed by atoms with Gasteiger partial charge in [-0.3, -0.25) is 14.5 Å². The molecule has 0 aromatic rings. The van der Waals surface area contributed by atoms with E-state index in [1.54, 1.807) is 0 Å². The molecule has 1 heterocycles. The summed E-state index contributed by atoms with van der Waals surface area (Å²) in [7, 11) is 0. The first-order valence-electron chi connectivity index (χ1n) is 5.27. The van der Waals surface area contributed by atoms with Gasteiger partial charge >= 0.3 is 0 Å². The monoisotopic (exact) mass is 198 g/mol. The summed E-state index contributed by atoms with van der Waals surface area (Å²) in [5.41, 5.74) is 5.80. The van der Waals surface area contributed by atoms with Crippen molar-refractivity contribution in [1.29, 1.82) is 0 Å². The first-order chi connectivity index (χ1) is 6.66. The summed E-state index contributed by atoms with van der Waals surface area (Å²) in [5.74, 6) is -0.213. The van der Waals surface area contributed by atoms with Crippen molar-refractivity contribution < 1.29 is 9.59 Å². The highest BCUT2D eigenvalue weighted by Gasteiger charge is 2.29. The molecule has 1 atom stereocenters. The molecule has 1 saturated heterocycles. The van der Waals surface area contributed by atoms with Crippen LogP contribution >= 0.6 is 0 Å². The van der Waals surface area contributed by atoms with Gasteiger partial charge in [0.05, 0.1) is 6.17 Å². The molecular formula is C10H18N2O2. The van der Waals surface area contributed by atoms with Gasteiger partial charge in [-0.25, -0.2) is 0 Å². The smallest absolute Gasteiger partial charge is 0.230 e. The van der Waals surface area contributed by atoms with Gasteiger partial charge in [-0.15, -0.1) is 0 Å². The predicted octanol–water partition coefficient (Wildman–Crippen LogP) is 1.00. The van der Waals surface area contributed by atoms with Gasteiger partial charge in [0.15, 0.2) is 0 Å². The molecule has 1 rings (SSSR count). The number of unbranched alkanes of at least 4 members (excludes halogenated alkanes) is 1. The maximum Gasteiger partial charge on any atom is 0.230 e. The fraction of sp³-hybridized carbons (Fsp3) is 0.800. The highest BCUT2D eigenvalue weighted by Crippen LogP contribution is 2.15. The van der Waals surface area contributed by atoms with Crippen molar-refractivity contribution in [2.45, 2.75) is 51.6 Å². The van der Waals surface area contributed by atoms with Crippen LogP contribution in [0.15, 0.2) is 0 Å². The van der Waals surface area contributed by atoms with Crippen molar-refractivity contribution in [3.05, 3.63) is 0 Å². The molecule has 1 unspecified atom stereocenters. The number of carbonyl (C=O) groups is 2. The largest absolute Gasteiger partial charge is 0.311 e. The Labute approximate surface area is 84.4 Å². The molecule has 4 heteroatoms. The van der Waals surface area contributed by atoms with Gasteiger partial charge in [-0.1, -0.05) is 19.8 Å². The Morgan fingerprint density at radius 3 is 2.43 bits per heavy atom. The second-order valence-corrected chi connectivity index (χ2v) is 3.72. The van der Waals surface area contributed by atoms with Crippen LogP contribution in [0.25, 0.3) is 0 Å². The lowest BCUT2D eigenvalue weighted by Crippen LogP contribution is -2.51. The lowest BCUT2D eigenvalue weighted by molar-refractivity contribution is -0.150. The van der Waals surface area contributed by atoms with E-state index in [9.17, 15) is 9.59 Å². The number of nitrogens with zero attached hydrogens (tertiary/aromatic N) is 1. The fourth-order valence-corrected chi connectivity index (χ4v) is 1.68. The van der Waals surface area contributed by atoms with Gasteiger partial charge in [0, 0.05) is 12.8 Å². The van der Waals surface area contributed by atoms with Crippen LogP contribution in [0.5, 0.6) is 0 Å². The summed E-state index contributed by atoms with van der Waals surface area (Å²) in [6.07, 6.45) is 3.90. The van der Waals surface area contributed by atoms with Crippen LogP contribution in [-0.4, -0.2) is 22.9 Å². The number of hydrogen-bond donors (Lipinski definition) is 1. The normalized spacial score (nSPS) is 20.0. The maximum absolute atomic E-state index is 11.4. The SMILES string of the molecule is CCCCC(N)N1C(=O)CCCC1=O. The van der Waals surface area contributed by atoms with E-state index in [4.69, 9.17) is 5.73 Å². The minimum Gasteiger partial charge on any atom is -0.311 e. The third-order valence-electron chi connectivity index (χ3n) is 2.50. The molecule has 1 fully saturated rings. The molecule has 14 heavy (non-hydrogen) atoms. The number of rotatable bonds is 4. The molecule has 2 amide bonds. The van der Waals surface area contributed by atoms with E-state index in [1.165, 1.54) is 4.90 Å². The summed E-state index contributed by atoms with van der Waals surface area (Å²) in [6.45, 7) is 2.06. The van der Waals surface area contributed by atoms with Crippen molar-refractivity contribution in [2.75, 3.05) is 0 Å². The Morgan fingerprint density at radius 2 is 1.93 bits per heavy atom. The molecule has 0 saturated carbocycles. The Hall–Kier alpha value is -0.900. The Bertz CT molecular complexity index is 212. The summed E-state index contributed by atoms with van der Waals surface area (Å²) < 4.78 is 0. The first-order valence-corrected chi connectivity index (χ1v) is 5.27. The number of hydrogen-bond acceptors (Lipinski definition) is 3. The second-order valence-electron chi connectivity index (χ2n) is 3.72. The highest BCUT2D eigenvalue weighted by molar-refractivity contribution is 5.97.